The largest absolute Gasteiger partial charge is 2.00 e. The number of esters is 1. The third-order valence-corrected chi connectivity index (χ3v) is 10.5. The van der Waals surface area contributed by atoms with E-state index in [4.69, 9.17) is 25.0 Å². The van der Waals surface area contributed by atoms with Gasteiger partial charge in [-0.3, -0.25) is 14.4 Å². The van der Waals surface area contributed by atoms with E-state index in [2.05, 4.69) is 20.4 Å². The molecule has 3 atom stereocenters. The number of Topliss-reactive ketones (excluding diaryl/α,β-unsaturated/α-hetero) is 1. The Labute approximate surface area is 315 Å². The predicted molar refractivity (Wildman–Crippen MR) is 200 cm³/mol. The van der Waals surface area contributed by atoms with Crippen molar-refractivity contribution in [2.24, 2.45) is 17.8 Å². The van der Waals surface area contributed by atoms with Crippen LogP contribution in [0.25, 0.3) is 35.2 Å². The Balaban J connectivity index is 0.00000504. The number of carbonyl (C=O) groups is 3. The van der Waals surface area contributed by atoms with Crippen LogP contribution in [-0.4, -0.2) is 52.5 Å². The van der Waals surface area contributed by atoms with E-state index in [1.54, 1.807) is 6.08 Å². The number of aliphatic carboxylic acids is 1. The first-order valence-corrected chi connectivity index (χ1v) is 17.5. The molecule has 0 amide bonds. The van der Waals surface area contributed by atoms with Gasteiger partial charge in [-0.05, 0) is 70.4 Å². The van der Waals surface area contributed by atoms with E-state index in [-0.39, 0.29) is 53.9 Å². The molecule has 3 aromatic heterocycles. The van der Waals surface area contributed by atoms with Gasteiger partial charge in [0.25, 0.3) is 0 Å². The number of rotatable bonds is 10. The van der Waals surface area contributed by atoms with Gasteiger partial charge in [0.2, 0.25) is 0 Å². The fourth-order valence-corrected chi connectivity index (χ4v) is 7.66. The first-order chi connectivity index (χ1) is 23.9. The van der Waals surface area contributed by atoms with Crippen molar-refractivity contribution in [1.29, 1.82) is 0 Å². The van der Waals surface area contributed by atoms with E-state index in [1.165, 1.54) is 5.57 Å². The fourth-order valence-electron chi connectivity index (χ4n) is 7.66. The van der Waals surface area contributed by atoms with Gasteiger partial charge in [0.1, 0.15) is 12.5 Å². The van der Waals surface area contributed by atoms with Crippen molar-refractivity contribution in [3.63, 3.8) is 0 Å². The minimum atomic E-state index is -1.45. The van der Waals surface area contributed by atoms with E-state index >= 15 is 0 Å². The molecule has 0 radical (unpaired) electrons. The molecule has 1 fully saturated rings. The zero-order chi connectivity index (χ0) is 36.0. The number of carbonyl (C=O) groups excluding carboxylic acids is 2. The van der Waals surface area contributed by atoms with Gasteiger partial charge in [0.15, 0.2) is 5.78 Å². The molecule has 9 nitrogen and oxygen atoms in total. The van der Waals surface area contributed by atoms with Crippen LogP contribution in [0.15, 0.2) is 29.6 Å². The summed E-state index contributed by atoms with van der Waals surface area (Å²) in [5.41, 5.74) is 9.89. The summed E-state index contributed by atoms with van der Waals surface area (Å²) in [6, 6.07) is 0. The molecule has 3 aliphatic rings. The van der Waals surface area contributed by atoms with Crippen molar-refractivity contribution in [3.05, 3.63) is 102 Å². The monoisotopic (exact) mass is 696 g/mol. The third-order valence-electron chi connectivity index (χ3n) is 10.5. The molecule has 2 aliphatic heterocycles. The number of carboxylic acids is 1. The topological polar surface area (TPSA) is 137 Å². The Kier molecular flexibility index (Phi) is 11.3. The SMILES string of the molecule is C=Cc1c2[n-]c(c1C)/C=C1\[N-]/C(=C3\c4[n-]c(c(C)c4C(=O)[C@@H]3C(=O)O)/C=c3\[n-]/c(c(C)c3CC)=C\2)[C@@H](CCC(=O)OC/C=C(\C)CCC)[C@@H]1C.[Mg+2]. The summed E-state index contributed by atoms with van der Waals surface area (Å²) < 4.78 is 5.55. The molecule has 1 saturated heterocycles. The van der Waals surface area contributed by atoms with Crippen LogP contribution in [0.1, 0.15) is 114 Å². The number of hydrogen-bond donors (Lipinski definition) is 1. The van der Waals surface area contributed by atoms with Crippen LogP contribution < -0.4 is 25.7 Å². The average molecular weight is 697 g/mol. The molecule has 51 heavy (non-hydrogen) atoms. The molecule has 0 unspecified atom stereocenters. The smallest absolute Gasteiger partial charge is 0.664 e. The zero-order valence-electron chi connectivity index (χ0n) is 30.6. The Morgan fingerprint density at radius 2 is 1.67 bits per heavy atom. The minimum absolute atomic E-state index is 0. The van der Waals surface area contributed by atoms with Crippen molar-refractivity contribution in [3.8, 4) is 0 Å². The van der Waals surface area contributed by atoms with E-state index in [9.17, 15) is 19.5 Å². The molecular formula is C41H44MgN4O5-2. The van der Waals surface area contributed by atoms with Gasteiger partial charge in [-0.25, -0.2) is 0 Å². The molecule has 1 aliphatic carbocycles. The predicted octanol–water partition coefficient (Wildman–Crippen LogP) is 5.64. The van der Waals surface area contributed by atoms with Crippen molar-refractivity contribution in [1.82, 2.24) is 15.0 Å². The second-order valence-electron chi connectivity index (χ2n) is 13.6. The standard InChI is InChI=1S/C41H46N4O5.Mg/c1-9-12-20(4)15-16-50-34(46)14-13-27-23(7)30-17-28-21(5)25(10-2)32(42-28)18-29-22(6)26(11-3)33(43-29)19-31-24(8)35-39(45-31)36(38(27)44-30)37(40(35)47)41(48)49;/h10,15,17-19,23,27,37H,2,9,11-14,16H2,1,3-8H3,(H3,44,45,47,48,49);/q-2;+2/p-2/b20-15+,29-18-,30-17-,33-19-;/t23-,27-,37+;/m0./s1. The summed E-state index contributed by atoms with van der Waals surface area (Å²) in [6.45, 7) is 18.3. The molecule has 10 heteroatoms. The van der Waals surface area contributed by atoms with Crippen molar-refractivity contribution in [2.75, 3.05) is 6.61 Å². The van der Waals surface area contributed by atoms with Crippen LogP contribution in [0, 0.1) is 38.5 Å². The van der Waals surface area contributed by atoms with Crippen LogP contribution in [0.4, 0.5) is 0 Å². The molecule has 0 saturated carbocycles. The molecule has 1 N–H and O–H groups in total. The van der Waals surface area contributed by atoms with Crippen LogP contribution in [0.3, 0.4) is 0 Å². The fraction of sp³-hybridized carbons (Fsp3) is 0.390. The Hall–Kier alpha value is -4.28. The second-order valence-corrected chi connectivity index (χ2v) is 13.6. The number of allylic oxidation sites excluding steroid dienone is 3. The van der Waals surface area contributed by atoms with Crippen molar-refractivity contribution in [2.45, 2.75) is 80.6 Å². The number of carboxylic acid groups (broad SMARTS) is 1. The Morgan fingerprint density at radius 3 is 2.33 bits per heavy atom. The third kappa shape index (κ3) is 6.76. The quantitative estimate of drug-likeness (QED) is 0.125. The van der Waals surface area contributed by atoms with E-state index in [0.29, 0.717) is 45.9 Å². The molecule has 0 spiro atoms. The molecule has 0 aromatic carbocycles. The zero-order valence-corrected chi connectivity index (χ0v) is 32.1. The number of ketones is 1. The molecule has 262 valence electrons. The molecular weight excluding hydrogens is 653 g/mol. The van der Waals surface area contributed by atoms with Gasteiger partial charge in [-0.2, -0.15) is 11.4 Å². The summed E-state index contributed by atoms with van der Waals surface area (Å²) in [6.07, 6.45) is 12.7. The number of hydrogen-bond acceptors (Lipinski definition) is 4. The molecule has 3 aromatic rings. The van der Waals surface area contributed by atoms with Crippen molar-refractivity contribution < 1.29 is 24.2 Å². The maximum atomic E-state index is 14.0. The number of fused-ring (bicyclic) bond motifs is 7. The summed E-state index contributed by atoms with van der Waals surface area (Å²) in [7, 11) is 0. The molecule has 8 bridgehead atoms. The van der Waals surface area contributed by atoms with Crippen LogP contribution in [0.2, 0.25) is 0 Å². The summed E-state index contributed by atoms with van der Waals surface area (Å²) >= 11 is 0. The first kappa shape index (κ1) is 38.0. The van der Waals surface area contributed by atoms with Gasteiger partial charge in [-0.1, -0.05) is 91.5 Å². The van der Waals surface area contributed by atoms with Crippen LogP contribution in [0.5, 0.6) is 0 Å². The van der Waals surface area contributed by atoms with Crippen LogP contribution in [-0.2, 0) is 20.7 Å². The minimum Gasteiger partial charge on any atom is -0.664 e. The average Bonchev–Trinajstić information content (AvgIpc) is 3.81. The molecule has 5 heterocycles. The van der Waals surface area contributed by atoms with E-state index < -0.39 is 17.7 Å². The molecule has 6 rings (SSSR count). The summed E-state index contributed by atoms with van der Waals surface area (Å²) in [5, 5.41) is 17.1. The van der Waals surface area contributed by atoms with Gasteiger partial charge in [0.05, 0.1) is 0 Å². The maximum absolute atomic E-state index is 14.0. The first-order valence-electron chi connectivity index (χ1n) is 17.5. The summed E-state index contributed by atoms with van der Waals surface area (Å²) in [4.78, 5) is 54.7. The van der Waals surface area contributed by atoms with E-state index in [0.717, 1.165) is 63.6 Å². The van der Waals surface area contributed by atoms with Gasteiger partial charge in [0, 0.05) is 12.0 Å². The Morgan fingerprint density at radius 1 is 0.961 bits per heavy atom. The number of nitrogens with zero attached hydrogens (tertiary/aromatic N) is 4. The van der Waals surface area contributed by atoms with E-state index in [1.807, 2.05) is 58.9 Å². The van der Waals surface area contributed by atoms with Crippen LogP contribution >= 0.6 is 0 Å². The number of ether oxygens (including phenoxy) is 1. The normalized spacial score (nSPS) is 23.0. The maximum Gasteiger partial charge on any atom is 2.00 e. The summed E-state index contributed by atoms with van der Waals surface area (Å²) in [5.74, 6) is -4.13. The second kappa shape index (κ2) is 15.1. The van der Waals surface area contributed by atoms with Gasteiger partial charge >= 0.3 is 35.0 Å². The van der Waals surface area contributed by atoms with Crippen molar-refractivity contribution >= 4 is 70.7 Å². The van der Waals surface area contributed by atoms with Gasteiger partial charge in [-0.15, -0.1) is 33.5 Å². The number of aromatic nitrogens is 3. The van der Waals surface area contributed by atoms with Gasteiger partial charge < -0.3 is 30.1 Å². The Bertz CT molecular complexity index is 2150.